The minimum Gasteiger partial charge on any atom is -0.494 e. The normalized spacial score (nSPS) is 10.4. The average Bonchev–Trinajstić information content (AvgIpc) is 2.60. The van der Waals surface area contributed by atoms with Crippen LogP contribution in [0, 0.1) is 16.0 Å². The summed E-state index contributed by atoms with van der Waals surface area (Å²) in [6, 6.07) is 12.7. The van der Waals surface area contributed by atoms with Gasteiger partial charge in [-0.05, 0) is 36.6 Å². The maximum absolute atomic E-state index is 12.0. The molecule has 7 nitrogen and oxygen atoms in total. The number of nitrogens with one attached hydrogen (secondary N) is 1. The molecule has 0 fully saturated rings. The fraction of sp³-hybridized carbons (Fsp3) is 0.316. The minimum absolute atomic E-state index is 0.0314. The van der Waals surface area contributed by atoms with E-state index in [1.165, 1.54) is 24.3 Å². The summed E-state index contributed by atoms with van der Waals surface area (Å²) in [4.78, 5) is 22.1. The van der Waals surface area contributed by atoms with Crippen molar-refractivity contribution in [3.63, 3.8) is 0 Å². The maximum Gasteiger partial charge on any atom is 0.269 e. The van der Waals surface area contributed by atoms with Crippen LogP contribution in [0.1, 0.15) is 20.3 Å². The Labute approximate surface area is 152 Å². The first-order chi connectivity index (χ1) is 12.4. The van der Waals surface area contributed by atoms with Crippen molar-refractivity contribution in [3.05, 3.63) is 58.6 Å². The van der Waals surface area contributed by atoms with Crippen LogP contribution in [0.5, 0.6) is 11.5 Å². The van der Waals surface area contributed by atoms with E-state index in [9.17, 15) is 14.9 Å². The highest BCUT2D eigenvalue weighted by Crippen LogP contribution is 2.19. The van der Waals surface area contributed by atoms with Crippen molar-refractivity contribution in [1.29, 1.82) is 0 Å². The molecule has 0 aliphatic rings. The fourth-order valence-electron chi connectivity index (χ4n) is 2.09. The SMILES string of the molecule is CC(C)CCOc1cccc(NC(=O)COc2ccc([N+](=O)[O-])cc2)c1. The van der Waals surface area contributed by atoms with Crippen LogP contribution < -0.4 is 14.8 Å². The minimum atomic E-state index is -0.493. The van der Waals surface area contributed by atoms with E-state index in [0.717, 1.165) is 6.42 Å². The number of anilines is 1. The van der Waals surface area contributed by atoms with Gasteiger partial charge in [-0.15, -0.1) is 0 Å². The van der Waals surface area contributed by atoms with E-state index in [-0.39, 0.29) is 18.2 Å². The van der Waals surface area contributed by atoms with Gasteiger partial charge in [0.05, 0.1) is 11.5 Å². The van der Waals surface area contributed by atoms with Gasteiger partial charge < -0.3 is 14.8 Å². The van der Waals surface area contributed by atoms with Crippen LogP contribution in [0.3, 0.4) is 0 Å². The van der Waals surface area contributed by atoms with Crippen LogP contribution in [-0.2, 0) is 4.79 Å². The summed E-state index contributed by atoms with van der Waals surface area (Å²) in [7, 11) is 0. The molecule has 0 saturated heterocycles. The fourth-order valence-corrected chi connectivity index (χ4v) is 2.09. The van der Waals surface area contributed by atoms with Gasteiger partial charge in [0.25, 0.3) is 11.6 Å². The van der Waals surface area contributed by atoms with E-state index in [4.69, 9.17) is 9.47 Å². The number of nitro benzene ring substituents is 1. The van der Waals surface area contributed by atoms with Crippen molar-refractivity contribution in [3.8, 4) is 11.5 Å². The van der Waals surface area contributed by atoms with Crippen LogP contribution in [0.15, 0.2) is 48.5 Å². The van der Waals surface area contributed by atoms with Gasteiger partial charge in [-0.2, -0.15) is 0 Å². The highest BCUT2D eigenvalue weighted by molar-refractivity contribution is 5.92. The lowest BCUT2D eigenvalue weighted by Gasteiger charge is -2.11. The summed E-state index contributed by atoms with van der Waals surface area (Å²) in [5.74, 6) is 1.31. The average molecular weight is 358 g/mol. The van der Waals surface area contributed by atoms with E-state index in [1.807, 2.05) is 6.07 Å². The predicted molar refractivity (Wildman–Crippen MR) is 98.6 cm³/mol. The van der Waals surface area contributed by atoms with E-state index in [2.05, 4.69) is 19.2 Å². The lowest BCUT2D eigenvalue weighted by molar-refractivity contribution is -0.384. The van der Waals surface area contributed by atoms with Gasteiger partial charge in [0, 0.05) is 23.9 Å². The smallest absolute Gasteiger partial charge is 0.269 e. The maximum atomic E-state index is 12.0. The molecule has 0 aromatic heterocycles. The standard InChI is InChI=1S/C19H22N2O5/c1-14(2)10-11-25-18-5-3-4-15(12-18)20-19(22)13-26-17-8-6-16(7-9-17)21(23)24/h3-9,12,14H,10-11,13H2,1-2H3,(H,20,22). The van der Waals surface area contributed by atoms with Gasteiger partial charge in [0.2, 0.25) is 0 Å². The molecule has 0 heterocycles. The number of hydrogen-bond acceptors (Lipinski definition) is 5. The molecule has 1 amide bonds. The summed E-state index contributed by atoms with van der Waals surface area (Å²) in [5, 5.41) is 13.3. The van der Waals surface area contributed by atoms with E-state index >= 15 is 0 Å². The molecule has 0 atom stereocenters. The Balaban J connectivity index is 1.82. The number of ether oxygens (including phenoxy) is 2. The van der Waals surface area contributed by atoms with Gasteiger partial charge in [-0.3, -0.25) is 14.9 Å². The lowest BCUT2D eigenvalue weighted by atomic mass is 10.1. The molecule has 0 aliphatic heterocycles. The van der Waals surface area contributed by atoms with Gasteiger partial charge >= 0.3 is 0 Å². The summed E-state index contributed by atoms with van der Waals surface area (Å²) < 4.78 is 11.0. The molecule has 2 rings (SSSR count). The van der Waals surface area contributed by atoms with Crippen LogP contribution in [0.4, 0.5) is 11.4 Å². The van der Waals surface area contributed by atoms with E-state index in [1.54, 1.807) is 18.2 Å². The summed E-state index contributed by atoms with van der Waals surface area (Å²) >= 11 is 0. The van der Waals surface area contributed by atoms with Crippen LogP contribution in [0.2, 0.25) is 0 Å². The molecule has 1 N–H and O–H groups in total. The molecule has 138 valence electrons. The zero-order chi connectivity index (χ0) is 18.9. The van der Waals surface area contributed by atoms with E-state index < -0.39 is 4.92 Å². The molecule has 0 saturated carbocycles. The van der Waals surface area contributed by atoms with Crippen LogP contribution in [-0.4, -0.2) is 24.0 Å². The number of carbonyl (C=O) groups excluding carboxylic acids is 1. The molecule has 0 bridgehead atoms. The van der Waals surface area contributed by atoms with Crippen LogP contribution >= 0.6 is 0 Å². The second-order valence-corrected chi connectivity index (χ2v) is 6.15. The van der Waals surface area contributed by atoms with Gasteiger partial charge in [0.15, 0.2) is 6.61 Å². The van der Waals surface area contributed by atoms with Crippen molar-refractivity contribution in [2.24, 2.45) is 5.92 Å². The molecule has 2 aromatic carbocycles. The highest BCUT2D eigenvalue weighted by atomic mass is 16.6. The van der Waals surface area contributed by atoms with Crippen molar-refractivity contribution >= 4 is 17.3 Å². The zero-order valence-corrected chi connectivity index (χ0v) is 14.8. The van der Waals surface area contributed by atoms with Gasteiger partial charge in [-0.1, -0.05) is 19.9 Å². The zero-order valence-electron chi connectivity index (χ0n) is 14.8. The first-order valence-corrected chi connectivity index (χ1v) is 8.34. The second-order valence-electron chi connectivity index (χ2n) is 6.15. The number of nitrogens with zero attached hydrogens (tertiary/aromatic N) is 1. The van der Waals surface area contributed by atoms with Gasteiger partial charge in [-0.25, -0.2) is 0 Å². The summed E-state index contributed by atoms with van der Waals surface area (Å²) in [5.41, 5.74) is 0.584. The molecule has 0 spiro atoms. The third-order valence-electron chi connectivity index (χ3n) is 3.50. The number of carbonyl (C=O) groups is 1. The largest absolute Gasteiger partial charge is 0.494 e. The number of non-ortho nitro benzene ring substituents is 1. The Hall–Kier alpha value is -3.09. The Bertz CT molecular complexity index is 744. The molecule has 0 radical (unpaired) electrons. The molecular weight excluding hydrogens is 336 g/mol. The first-order valence-electron chi connectivity index (χ1n) is 8.34. The topological polar surface area (TPSA) is 90.7 Å². The Morgan fingerprint density at radius 1 is 1.12 bits per heavy atom. The number of rotatable bonds is 9. The molecule has 0 aliphatic carbocycles. The quantitative estimate of drug-likeness (QED) is 0.540. The number of amides is 1. The Morgan fingerprint density at radius 3 is 2.50 bits per heavy atom. The van der Waals surface area contributed by atoms with Crippen molar-refractivity contribution < 1.29 is 19.2 Å². The molecular formula is C19H22N2O5. The van der Waals surface area contributed by atoms with E-state index in [0.29, 0.717) is 29.7 Å². The molecule has 7 heteroatoms. The van der Waals surface area contributed by atoms with Crippen molar-refractivity contribution in [2.45, 2.75) is 20.3 Å². The third-order valence-corrected chi connectivity index (χ3v) is 3.50. The monoisotopic (exact) mass is 358 g/mol. The number of hydrogen-bond donors (Lipinski definition) is 1. The van der Waals surface area contributed by atoms with Gasteiger partial charge in [0.1, 0.15) is 11.5 Å². The second kappa shape index (κ2) is 9.41. The number of nitro groups is 1. The lowest BCUT2D eigenvalue weighted by Crippen LogP contribution is -2.20. The third kappa shape index (κ3) is 6.43. The Kier molecular flexibility index (Phi) is 6.96. The molecule has 0 unspecified atom stereocenters. The molecule has 26 heavy (non-hydrogen) atoms. The summed E-state index contributed by atoms with van der Waals surface area (Å²) in [6.45, 7) is 4.68. The summed E-state index contributed by atoms with van der Waals surface area (Å²) in [6.07, 6.45) is 0.958. The number of benzene rings is 2. The van der Waals surface area contributed by atoms with Crippen LogP contribution in [0.25, 0.3) is 0 Å². The van der Waals surface area contributed by atoms with Crippen molar-refractivity contribution in [2.75, 3.05) is 18.5 Å². The Morgan fingerprint density at radius 2 is 1.85 bits per heavy atom. The molecule has 2 aromatic rings. The highest BCUT2D eigenvalue weighted by Gasteiger charge is 2.07. The van der Waals surface area contributed by atoms with Crippen molar-refractivity contribution in [1.82, 2.24) is 0 Å². The predicted octanol–water partition coefficient (Wildman–Crippen LogP) is 4.04. The first kappa shape index (κ1) is 19.2.